The Morgan fingerprint density at radius 2 is 1.81 bits per heavy atom. The highest BCUT2D eigenvalue weighted by Gasteiger charge is 2.18. The zero-order valence-electron chi connectivity index (χ0n) is 23.1. The number of unbranched alkanes of at least 4 members (excludes halogenated alkanes) is 1. The number of aryl methyl sites for hydroxylation is 1. The highest BCUT2D eigenvalue weighted by Crippen LogP contribution is 2.26. The number of Topliss-reactive ketones (excluding diaryl/α,β-unsaturated/α-hetero) is 1. The Labute approximate surface area is 217 Å². The van der Waals surface area contributed by atoms with Gasteiger partial charge in [0, 0.05) is 22.9 Å². The summed E-state index contributed by atoms with van der Waals surface area (Å²) >= 11 is 0. The number of nitrogens with zero attached hydrogens (tertiary/aromatic N) is 2. The molecule has 196 valence electrons. The highest BCUT2D eigenvalue weighted by molar-refractivity contribution is 5.99. The first-order chi connectivity index (χ1) is 17.3. The third-order valence-corrected chi connectivity index (χ3v) is 5.77. The molecule has 0 saturated heterocycles. The van der Waals surface area contributed by atoms with Gasteiger partial charge >= 0.3 is 0 Å². The number of hydrogen-bond acceptors (Lipinski definition) is 5. The van der Waals surface area contributed by atoms with Gasteiger partial charge in [-0.15, -0.1) is 0 Å². The first kappa shape index (κ1) is 30.8. The first-order valence-corrected chi connectivity index (χ1v) is 12.8. The van der Waals surface area contributed by atoms with Crippen LogP contribution in [0.3, 0.4) is 0 Å². The van der Waals surface area contributed by atoms with E-state index in [2.05, 4.69) is 54.7 Å². The molecule has 1 N–H and O–H groups in total. The van der Waals surface area contributed by atoms with Crippen molar-refractivity contribution >= 4 is 29.3 Å². The summed E-state index contributed by atoms with van der Waals surface area (Å²) in [7, 11) is 1.46. The zero-order chi connectivity index (χ0) is 26.9. The number of benzene rings is 1. The minimum atomic E-state index is -0.189. The second kappa shape index (κ2) is 17.2. The molecule has 0 spiro atoms. The molecule has 1 atom stereocenters. The molecule has 0 saturated carbocycles. The Hall–Kier alpha value is -3.28. The van der Waals surface area contributed by atoms with Crippen LogP contribution in [0.4, 0.5) is 0 Å². The molecule has 36 heavy (non-hydrogen) atoms. The molecule has 0 aliphatic carbocycles. The fraction of sp³-hybridized carbons (Fsp3) is 0.467. The van der Waals surface area contributed by atoms with E-state index in [4.69, 9.17) is 9.83 Å². The first-order valence-electron chi connectivity index (χ1n) is 12.8. The number of carbonyl (C=O) groups is 2. The quantitative estimate of drug-likeness (QED) is 0.0726. The van der Waals surface area contributed by atoms with Gasteiger partial charge in [-0.05, 0) is 69.6 Å². The Morgan fingerprint density at radius 3 is 2.33 bits per heavy atom. The maximum Gasteiger partial charge on any atom is 0.212 e. The van der Waals surface area contributed by atoms with E-state index in [-0.39, 0.29) is 11.7 Å². The van der Waals surface area contributed by atoms with E-state index >= 15 is 0 Å². The Kier molecular flexibility index (Phi) is 14.7. The number of hydrogen-bond donors (Lipinski definition) is 1. The van der Waals surface area contributed by atoms with Gasteiger partial charge in [0.05, 0.1) is 0 Å². The topological polar surface area (TPSA) is 80.1 Å². The van der Waals surface area contributed by atoms with Crippen LogP contribution in [-0.2, 0) is 20.8 Å². The Morgan fingerprint density at radius 1 is 1.11 bits per heavy atom. The molecule has 0 radical (unpaired) electrons. The van der Waals surface area contributed by atoms with Gasteiger partial charge in [0.15, 0.2) is 11.6 Å². The predicted octanol–water partition coefficient (Wildman–Crippen LogP) is 6.82. The third kappa shape index (κ3) is 10.5. The molecule has 0 aliphatic rings. The number of ketones is 1. The lowest BCUT2D eigenvalue weighted by atomic mass is 9.91. The monoisotopic (exact) mass is 493 g/mol. The maximum absolute atomic E-state index is 12.5. The summed E-state index contributed by atoms with van der Waals surface area (Å²) in [6.07, 6.45) is 12.0. The van der Waals surface area contributed by atoms with Gasteiger partial charge in [-0.25, -0.2) is 0 Å². The van der Waals surface area contributed by atoms with E-state index in [0.29, 0.717) is 18.7 Å². The molecule has 6 heteroatoms. The molecule has 1 unspecified atom stereocenters. The Bertz CT molecular complexity index is 995. The van der Waals surface area contributed by atoms with E-state index < -0.39 is 0 Å². The van der Waals surface area contributed by atoms with Crippen molar-refractivity contribution in [1.29, 1.82) is 0 Å². The summed E-state index contributed by atoms with van der Waals surface area (Å²) < 4.78 is 0. The fourth-order valence-electron chi connectivity index (χ4n) is 3.88. The summed E-state index contributed by atoms with van der Waals surface area (Å²) in [6, 6.07) is 8.34. The lowest BCUT2D eigenvalue weighted by Gasteiger charge is -2.18. The van der Waals surface area contributed by atoms with Gasteiger partial charge < -0.3 is 10.2 Å². The van der Waals surface area contributed by atoms with Crippen LogP contribution in [0.5, 0.6) is 0 Å². The predicted molar refractivity (Wildman–Crippen MR) is 151 cm³/mol. The molecule has 0 heterocycles. The molecule has 1 amide bonds. The van der Waals surface area contributed by atoms with Crippen LogP contribution in [0.15, 0.2) is 63.9 Å². The number of carbonyl (C=O) groups excluding carboxylic acids is 2. The molecule has 0 aromatic heterocycles. The van der Waals surface area contributed by atoms with Crippen LogP contribution in [0.2, 0.25) is 0 Å². The average Bonchev–Trinajstić information content (AvgIpc) is 2.84. The SMILES string of the molecule is CC/C=C\C=C(\c1ccc(CC/C(C(C)=O)=C(\CCCC)N=C(C)C)cc1)C(C)/C(=N/OC)NC=O. The van der Waals surface area contributed by atoms with Crippen LogP contribution in [0, 0.1) is 5.92 Å². The maximum atomic E-state index is 12.5. The average molecular weight is 494 g/mol. The molecule has 0 aliphatic heterocycles. The number of amidine groups is 1. The normalized spacial score (nSPS) is 13.8. The van der Waals surface area contributed by atoms with Crippen LogP contribution in [0.25, 0.3) is 5.57 Å². The van der Waals surface area contributed by atoms with Crippen LogP contribution in [-0.4, -0.2) is 30.9 Å². The van der Waals surface area contributed by atoms with Gasteiger partial charge in [0.2, 0.25) is 6.41 Å². The number of amides is 1. The van der Waals surface area contributed by atoms with Crippen molar-refractivity contribution in [3.8, 4) is 0 Å². The summed E-state index contributed by atoms with van der Waals surface area (Å²) in [4.78, 5) is 33.2. The van der Waals surface area contributed by atoms with Gasteiger partial charge in [-0.3, -0.25) is 14.6 Å². The van der Waals surface area contributed by atoms with E-state index in [1.54, 1.807) is 6.92 Å². The van der Waals surface area contributed by atoms with Gasteiger partial charge in [0.25, 0.3) is 0 Å². The smallest absolute Gasteiger partial charge is 0.212 e. The van der Waals surface area contributed by atoms with Crippen molar-refractivity contribution in [2.45, 2.75) is 80.1 Å². The lowest BCUT2D eigenvalue weighted by Crippen LogP contribution is -2.29. The highest BCUT2D eigenvalue weighted by atomic mass is 16.6. The zero-order valence-corrected chi connectivity index (χ0v) is 23.1. The van der Waals surface area contributed by atoms with E-state index in [1.165, 1.54) is 7.11 Å². The molecule has 0 bridgehead atoms. The van der Waals surface area contributed by atoms with Crippen molar-refractivity contribution < 1.29 is 14.4 Å². The molecule has 1 rings (SSSR count). The van der Waals surface area contributed by atoms with Crippen LogP contribution in [0.1, 0.15) is 84.8 Å². The van der Waals surface area contributed by atoms with Crippen molar-refractivity contribution in [3.05, 3.63) is 64.9 Å². The summed E-state index contributed by atoms with van der Waals surface area (Å²) in [6.45, 7) is 11.8. The summed E-state index contributed by atoms with van der Waals surface area (Å²) in [5, 5.41) is 6.64. The van der Waals surface area contributed by atoms with Crippen molar-refractivity contribution in [2.75, 3.05) is 7.11 Å². The van der Waals surface area contributed by atoms with Crippen molar-refractivity contribution in [2.24, 2.45) is 16.1 Å². The number of aliphatic imine (C=N–C) groups is 1. The fourth-order valence-corrected chi connectivity index (χ4v) is 3.88. The molecule has 0 fully saturated rings. The third-order valence-electron chi connectivity index (χ3n) is 5.77. The second-order valence-electron chi connectivity index (χ2n) is 8.94. The van der Waals surface area contributed by atoms with Crippen molar-refractivity contribution in [3.63, 3.8) is 0 Å². The van der Waals surface area contributed by atoms with Gasteiger partial charge in [0.1, 0.15) is 7.11 Å². The number of rotatable bonds is 15. The van der Waals surface area contributed by atoms with Crippen molar-refractivity contribution in [1.82, 2.24) is 5.32 Å². The molecular weight excluding hydrogens is 450 g/mol. The van der Waals surface area contributed by atoms with E-state index in [0.717, 1.165) is 65.8 Å². The molecule has 1 aromatic carbocycles. The lowest BCUT2D eigenvalue weighted by molar-refractivity contribution is -0.113. The standard InChI is InChI=1S/C30H43N3O3/c1-8-10-12-13-27(23(5)30(31-21-34)33-36-7)26-18-15-25(16-19-26)17-20-28(24(6)35)29(14-11-9-2)32-22(3)4/h10,12-13,15-16,18-19,21,23H,8-9,11,14,17,20H2,1-7H3,(H,31,33,34)/b12-10-,27-13+,29-28-. The molecular formula is C30H43N3O3. The minimum absolute atomic E-state index is 0.0946. The molecule has 6 nitrogen and oxygen atoms in total. The minimum Gasteiger partial charge on any atom is -0.398 e. The van der Waals surface area contributed by atoms with E-state index in [9.17, 15) is 9.59 Å². The second-order valence-corrected chi connectivity index (χ2v) is 8.94. The largest absolute Gasteiger partial charge is 0.398 e. The molecule has 1 aromatic rings. The Balaban J connectivity index is 3.24. The van der Waals surface area contributed by atoms with Crippen LogP contribution >= 0.6 is 0 Å². The number of nitrogens with one attached hydrogen (secondary N) is 1. The van der Waals surface area contributed by atoms with Gasteiger partial charge in [-0.2, -0.15) is 0 Å². The number of oxime groups is 1. The van der Waals surface area contributed by atoms with E-state index in [1.807, 2.05) is 32.9 Å². The van der Waals surface area contributed by atoms with Gasteiger partial charge in [-0.1, -0.05) is 74.8 Å². The summed E-state index contributed by atoms with van der Waals surface area (Å²) in [5.74, 6) is 0.346. The summed E-state index contributed by atoms with van der Waals surface area (Å²) in [5.41, 5.74) is 5.91. The number of allylic oxidation sites excluding steroid dienone is 5. The van der Waals surface area contributed by atoms with Crippen LogP contribution < -0.4 is 5.32 Å².